The van der Waals surface area contributed by atoms with Gasteiger partial charge in [0.25, 0.3) is 0 Å². The van der Waals surface area contributed by atoms with Crippen molar-refractivity contribution < 1.29 is 9.47 Å². The monoisotopic (exact) mass is 224 g/mol. The molecule has 16 heavy (non-hydrogen) atoms. The Labute approximate surface area is 97.0 Å². The average molecular weight is 224 g/mol. The second-order valence-electron chi connectivity index (χ2n) is 3.86. The van der Waals surface area contributed by atoms with E-state index in [-0.39, 0.29) is 12.3 Å². The fraction of sp³-hybridized carbons (Fsp3) is 0.583. The second-order valence-corrected chi connectivity index (χ2v) is 3.86. The molecule has 0 saturated carbocycles. The maximum absolute atomic E-state index is 5.19. The van der Waals surface area contributed by atoms with Crippen molar-refractivity contribution in [3.05, 3.63) is 23.5 Å². The van der Waals surface area contributed by atoms with Crippen LogP contribution in [0, 0.1) is 13.8 Å². The van der Waals surface area contributed by atoms with Crippen LogP contribution >= 0.6 is 0 Å². The van der Waals surface area contributed by atoms with E-state index < -0.39 is 0 Å². The predicted octanol–water partition coefficient (Wildman–Crippen LogP) is 2.12. The number of rotatable bonds is 5. The van der Waals surface area contributed by atoms with Crippen molar-refractivity contribution in [3.8, 4) is 0 Å². The molecular weight excluding hydrogens is 204 g/mol. The third kappa shape index (κ3) is 3.18. The van der Waals surface area contributed by atoms with E-state index in [0.717, 1.165) is 17.1 Å². The largest absolute Gasteiger partial charge is 0.376 e. The summed E-state index contributed by atoms with van der Waals surface area (Å²) in [5, 5.41) is 3.33. The number of methoxy groups -OCH3 is 2. The van der Waals surface area contributed by atoms with Gasteiger partial charge >= 0.3 is 0 Å². The van der Waals surface area contributed by atoms with Crippen LogP contribution in [0.15, 0.2) is 12.1 Å². The highest BCUT2D eigenvalue weighted by Gasteiger charge is 2.16. The lowest BCUT2D eigenvalue weighted by atomic mass is 10.2. The number of pyridine rings is 1. The minimum Gasteiger partial charge on any atom is -0.376 e. The van der Waals surface area contributed by atoms with E-state index in [1.807, 2.05) is 32.9 Å². The van der Waals surface area contributed by atoms with Crippen molar-refractivity contribution in [3.63, 3.8) is 0 Å². The van der Waals surface area contributed by atoms with E-state index in [1.165, 1.54) is 0 Å². The zero-order valence-corrected chi connectivity index (χ0v) is 10.6. The summed E-state index contributed by atoms with van der Waals surface area (Å²) in [4.78, 5) is 4.39. The number of hydrogen-bond donors (Lipinski definition) is 1. The van der Waals surface area contributed by atoms with E-state index in [9.17, 15) is 0 Å². The van der Waals surface area contributed by atoms with Crippen LogP contribution in [0.5, 0.6) is 0 Å². The number of anilines is 1. The number of aryl methyl sites for hydroxylation is 2. The molecule has 1 unspecified atom stereocenters. The molecule has 1 heterocycles. The fourth-order valence-electron chi connectivity index (χ4n) is 1.66. The molecular formula is C12H20N2O2. The van der Waals surface area contributed by atoms with Crippen molar-refractivity contribution in [1.29, 1.82) is 0 Å². The zero-order chi connectivity index (χ0) is 12.1. The summed E-state index contributed by atoms with van der Waals surface area (Å²) in [5.74, 6) is 0. The van der Waals surface area contributed by atoms with Gasteiger partial charge < -0.3 is 14.8 Å². The van der Waals surface area contributed by atoms with Gasteiger partial charge in [-0.3, -0.25) is 4.98 Å². The number of nitrogens with one attached hydrogen (secondary N) is 1. The first-order valence-electron chi connectivity index (χ1n) is 5.35. The SMILES string of the molecule is COC(OC)C(C)Nc1ccc(C)nc1C. The summed E-state index contributed by atoms with van der Waals surface area (Å²) >= 11 is 0. The molecule has 0 aliphatic rings. The summed E-state index contributed by atoms with van der Waals surface area (Å²) in [7, 11) is 3.26. The van der Waals surface area contributed by atoms with Gasteiger partial charge in [-0.2, -0.15) is 0 Å². The van der Waals surface area contributed by atoms with Gasteiger partial charge in [0.1, 0.15) is 0 Å². The predicted molar refractivity (Wildman–Crippen MR) is 64.6 cm³/mol. The standard InChI is InChI=1S/C12H20N2O2/c1-8-6-7-11(9(2)13-8)14-10(3)12(15-4)16-5/h6-7,10,12,14H,1-5H3. The highest BCUT2D eigenvalue weighted by Crippen LogP contribution is 2.15. The molecule has 0 radical (unpaired) electrons. The summed E-state index contributed by atoms with van der Waals surface area (Å²) in [6, 6.07) is 4.07. The molecule has 4 nitrogen and oxygen atoms in total. The van der Waals surface area contributed by atoms with Gasteiger partial charge in [-0.25, -0.2) is 0 Å². The van der Waals surface area contributed by atoms with Crippen LogP contribution in [0.4, 0.5) is 5.69 Å². The van der Waals surface area contributed by atoms with Crippen LogP contribution in [0.25, 0.3) is 0 Å². The van der Waals surface area contributed by atoms with E-state index >= 15 is 0 Å². The topological polar surface area (TPSA) is 43.4 Å². The van der Waals surface area contributed by atoms with Gasteiger partial charge in [0.15, 0.2) is 6.29 Å². The smallest absolute Gasteiger partial charge is 0.176 e. The molecule has 0 amide bonds. The summed E-state index contributed by atoms with van der Waals surface area (Å²) < 4.78 is 10.4. The Hall–Kier alpha value is -1.13. The van der Waals surface area contributed by atoms with Gasteiger partial charge in [-0.15, -0.1) is 0 Å². The zero-order valence-electron chi connectivity index (χ0n) is 10.6. The summed E-state index contributed by atoms with van der Waals surface area (Å²) in [6.07, 6.45) is -0.263. The van der Waals surface area contributed by atoms with Crippen LogP contribution in [-0.2, 0) is 9.47 Å². The molecule has 0 spiro atoms. The summed E-state index contributed by atoms with van der Waals surface area (Å²) in [5.41, 5.74) is 3.01. The number of aromatic nitrogens is 1. The average Bonchev–Trinajstić information content (AvgIpc) is 2.24. The first-order valence-corrected chi connectivity index (χ1v) is 5.35. The molecule has 1 N–H and O–H groups in total. The molecule has 0 aliphatic carbocycles. The Kier molecular flexibility index (Phi) is 4.71. The Balaban J connectivity index is 2.72. The van der Waals surface area contributed by atoms with E-state index in [4.69, 9.17) is 9.47 Å². The molecule has 4 heteroatoms. The van der Waals surface area contributed by atoms with Gasteiger partial charge in [0, 0.05) is 19.9 Å². The Morgan fingerprint density at radius 3 is 2.31 bits per heavy atom. The maximum Gasteiger partial charge on any atom is 0.176 e. The Bertz CT molecular complexity index is 338. The molecule has 90 valence electrons. The van der Waals surface area contributed by atoms with Crippen molar-refractivity contribution >= 4 is 5.69 Å². The highest BCUT2D eigenvalue weighted by molar-refractivity contribution is 5.48. The van der Waals surface area contributed by atoms with E-state index in [1.54, 1.807) is 14.2 Å². The number of ether oxygens (including phenoxy) is 2. The third-order valence-corrected chi connectivity index (χ3v) is 2.48. The molecule has 1 rings (SSSR count). The summed E-state index contributed by atoms with van der Waals surface area (Å²) in [6.45, 7) is 5.97. The third-order valence-electron chi connectivity index (χ3n) is 2.48. The first-order chi connectivity index (χ1) is 7.58. The number of nitrogens with zero attached hydrogens (tertiary/aromatic N) is 1. The van der Waals surface area contributed by atoms with Crippen LogP contribution in [0.1, 0.15) is 18.3 Å². The molecule has 0 fully saturated rings. The first kappa shape index (κ1) is 12.9. The quantitative estimate of drug-likeness (QED) is 0.778. The van der Waals surface area contributed by atoms with Gasteiger partial charge in [0.2, 0.25) is 0 Å². The molecule has 0 saturated heterocycles. The molecule has 0 aliphatic heterocycles. The molecule has 1 atom stereocenters. The van der Waals surface area contributed by atoms with E-state index in [0.29, 0.717) is 0 Å². The van der Waals surface area contributed by atoms with Crippen LogP contribution in [0.3, 0.4) is 0 Å². The van der Waals surface area contributed by atoms with Crippen molar-refractivity contribution in [2.24, 2.45) is 0 Å². The second kappa shape index (κ2) is 5.82. The van der Waals surface area contributed by atoms with Crippen LogP contribution in [-0.4, -0.2) is 31.5 Å². The lowest BCUT2D eigenvalue weighted by molar-refractivity contribution is -0.109. The highest BCUT2D eigenvalue weighted by atomic mass is 16.7. The fourth-order valence-corrected chi connectivity index (χ4v) is 1.66. The van der Waals surface area contributed by atoms with E-state index in [2.05, 4.69) is 10.3 Å². The molecule has 0 aromatic carbocycles. The van der Waals surface area contributed by atoms with Gasteiger partial charge in [0.05, 0.1) is 17.4 Å². The molecule has 1 aromatic heterocycles. The minimum atomic E-state index is -0.263. The number of hydrogen-bond acceptors (Lipinski definition) is 4. The van der Waals surface area contributed by atoms with Crippen molar-refractivity contribution in [2.75, 3.05) is 19.5 Å². The molecule has 1 aromatic rings. The Morgan fingerprint density at radius 2 is 1.81 bits per heavy atom. The molecule has 0 bridgehead atoms. The van der Waals surface area contributed by atoms with Crippen LogP contribution in [0.2, 0.25) is 0 Å². The Morgan fingerprint density at radius 1 is 1.19 bits per heavy atom. The normalized spacial score (nSPS) is 12.9. The van der Waals surface area contributed by atoms with Crippen molar-refractivity contribution in [1.82, 2.24) is 4.98 Å². The van der Waals surface area contributed by atoms with Gasteiger partial charge in [-0.1, -0.05) is 0 Å². The lowest BCUT2D eigenvalue weighted by Gasteiger charge is -2.23. The van der Waals surface area contributed by atoms with Crippen molar-refractivity contribution in [2.45, 2.75) is 33.1 Å². The maximum atomic E-state index is 5.19. The van der Waals surface area contributed by atoms with Crippen LogP contribution < -0.4 is 5.32 Å². The lowest BCUT2D eigenvalue weighted by Crippen LogP contribution is -2.34. The van der Waals surface area contributed by atoms with Gasteiger partial charge in [-0.05, 0) is 32.9 Å². The minimum absolute atomic E-state index is 0.0678.